The molecule has 2 amide bonds. The van der Waals surface area contributed by atoms with E-state index in [4.69, 9.17) is 0 Å². The van der Waals surface area contributed by atoms with E-state index >= 15 is 0 Å². The van der Waals surface area contributed by atoms with Gasteiger partial charge in [0.1, 0.15) is 5.82 Å². The number of benzene rings is 1. The molecule has 0 bridgehead atoms. The number of nitrogens with zero attached hydrogens (tertiary/aromatic N) is 2. The van der Waals surface area contributed by atoms with Crippen molar-refractivity contribution in [1.29, 1.82) is 0 Å². The average molecular weight is 302 g/mol. The number of nitrogens with one attached hydrogen (secondary N) is 2. The van der Waals surface area contributed by atoms with E-state index in [1.165, 1.54) is 12.1 Å². The zero-order valence-corrected chi connectivity index (χ0v) is 12.6. The lowest BCUT2D eigenvalue weighted by molar-refractivity contribution is 0.243. The first kappa shape index (κ1) is 15.9. The topological polar surface area (TPSA) is 57.3 Å². The number of pyridine rings is 1. The van der Waals surface area contributed by atoms with Gasteiger partial charge in [-0.05, 0) is 43.9 Å². The first-order valence-corrected chi connectivity index (χ1v) is 6.93. The summed E-state index contributed by atoms with van der Waals surface area (Å²) in [5.41, 5.74) is 1.57. The van der Waals surface area contributed by atoms with Crippen LogP contribution in [0.5, 0.6) is 0 Å². The van der Waals surface area contributed by atoms with E-state index in [0.717, 1.165) is 5.56 Å². The van der Waals surface area contributed by atoms with E-state index in [0.29, 0.717) is 12.2 Å². The van der Waals surface area contributed by atoms with Crippen molar-refractivity contribution in [2.45, 2.75) is 6.04 Å². The van der Waals surface area contributed by atoms with Gasteiger partial charge in [-0.1, -0.05) is 12.1 Å². The smallest absolute Gasteiger partial charge is 0.319 e. The Balaban J connectivity index is 1.94. The Hall–Kier alpha value is -2.47. The fourth-order valence-electron chi connectivity index (χ4n) is 2.08. The molecule has 2 aromatic rings. The fourth-order valence-corrected chi connectivity index (χ4v) is 2.08. The predicted molar refractivity (Wildman–Crippen MR) is 84.1 cm³/mol. The van der Waals surface area contributed by atoms with Gasteiger partial charge in [0.2, 0.25) is 0 Å². The Bertz CT molecular complexity index is 601. The molecule has 22 heavy (non-hydrogen) atoms. The van der Waals surface area contributed by atoms with Crippen LogP contribution in [0.4, 0.5) is 14.9 Å². The second-order valence-corrected chi connectivity index (χ2v) is 5.11. The van der Waals surface area contributed by atoms with Crippen LogP contribution in [0.25, 0.3) is 0 Å². The number of carbonyl (C=O) groups is 1. The minimum absolute atomic E-state index is 0.0414. The lowest BCUT2D eigenvalue weighted by Gasteiger charge is -2.25. The molecule has 2 rings (SSSR count). The molecule has 0 spiro atoms. The molecule has 0 saturated heterocycles. The van der Waals surface area contributed by atoms with E-state index in [1.54, 1.807) is 36.7 Å². The molecule has 5 nitrogen and oxygen atoms in total. The van der Waals surface area contributed by atoms with Gasteiger partial charge in [-0.25, -0.2) is 9.18 Å². The summed E-state index contributed by atoms with van der Waals surface area (Å²) in [6.45, 7) is 0.407. The van der Waals surface area contributed by atoms with Crippen LogP contribution < -0.4 is 10.6 Å². The maximum atomic E-state index is 13.0. The first-order chi connectivity index (χ1) is 10.6. The van der Waals surface area contributed by atoms with Gasteiger partial charge < -0.3 is 15.5 Å². The average Bonchev–Trinajstić information content (AvgIpc) is 2.50. The molecule has 1 aromatic heterocycles. The first-order valence-electron chi connectivity index (χ1n) is 6.93. The lowest BCUT2D eigenvalue weighted by Crippen LogP contribution is -2.36. The molecule has 0 aliphatic heterocycles. The number of hydrogen-bond donors (Lipinski definition) is 2. The summed E-state index contributed by atoms with van der Waals surface area (Å²) in [5, 5.41) is 5.52. The number of likely N-dealkylation sites (N-methyl/N-ethyl adjacent to an activating group) is 1. The Morgan fingerprint density at radius 2 is 2.00 bits per heavy atom. The Morgan fingerprint density at radius 1 is 1.27 bits per heavy atom. The fraction of sp³-hybridized carbons (Fsp3) is 0.250. The van der Waals surface area contributed by atoms with E-state index in [1.807, 2.05) is 19.0 Å². The summed E-state index contributed by atoms with van der Waals surface area (Å²) in [5.74, 6) is -0.275. The maximum Gasteiger partial charge on any atom is 0.319 e. The third-order valence-corrected chi connectivity index (χ3v) is 3.25. The van der Waals surface area contributed by atoms with Crippen molar-refractivity contribution in [1.82, 2.24) is 15.2 Å². The van der Waals surface area contributed by atoms with Crippen LogP contribution in [0.3, 0.4) is 0 Å². The molecule has 0 radical (unpaired) electrons. The molecule has 0 fully saturated rings. The minimum atomic E-state index is -0.304. The van der Waals surface area contributed by atoms with Crippen LogP contribution in [0, 0.1) is 5.82 Å². The van der Waals surface area contributed by atoms with Crippen molar-refractivity contribution in [3.63, 3.8) is 0 Å². The van der Waals surface area contributed by atoms with Crippen LogP contribution in [0.15, 0.2) is 48.8 Å². The summed E-state index contributed by atoms with van der Waals surface area (Å²) >= 11 is 0. The van der Waals surface area contributed by atoms with Crippen molar-refractivity contribution in [2.24, 2.45) is 0 Å². The molecule has 116 valence electrons. The quantitative estimate of drug-likeness (QED) is 0.892. The van der Waals surface area contributed by atoms with Gasteiger partial charge in [0.25, 0.3) is 0 Å². The molecule has 6 heteroatoms. The van der Waals surface area contributed by atoms with Gasteiger partial charge in [0, 0.05) is 12.7 Å². The van der Waals surface area contributed by atoms with E-state index < -0.39 is 0 Å². The number of amides is 2. The van der Waals surface area contributed by atoms with Crippen LogP contribution in [-0.4, -0.2) is 36.6 Å². The van der Waals surface area contributed by atoms with Crippen molar-refractivity contribution < 1.29 is 9.18 Å². The second-order valence-electron chi connectivity index (χ2n) is 5.11. The summed E-state index contributed by atoms with van der Waals surface area (Å²) in [7, 11) is 3.82. The highest BCUT2D eigenvalue weighted by Gasteiger charge is 2.15. The van der Waals surface area contributed by atoms with Crippen molar-refractivity contribution >= 4 is 11.7 Å². The van der Waals surface area contributed by atoms with E-state index in [-0.39, 0.29) is 17.9 Å². The standard InChI is InChI=1S/C16H19FN4O/c1-21(2)15(12-5-7-13(17)8-6-12)11-19-16(22)20-14-4-3-9-18-10-14/h3-10,15H,11H2,1-2H3,(H2,19,20,22). The Labute approximate surface area is 129 Å². The number of hydrogen-bond acceptors (Lipinski definition) is 3. The van der Waals surface area contributed by atoms with Gasteiger partial charge in [0.05, 0.1) is 17.9 Å². The van der Waals surface area contributed by atoms with Crippen molar-refractivity contribution in [3.05, 3.63) is 60.2 Å². The Morgan fingerprint density at radius 3 is 2.59 bits per heavy atom. The van der Waals surface area contributed by atoms with Gasteiger partial charge in [0.15, 0.2) is 0 Å². The summed E-state index contributed by atoms with van der Waals surface area (Å²) in [6.07, 6.45) is 3.21. The summed E-state index contributed by atoms with van der Waals surface area (Å²) in [6, 6.07) is 9.44. The summed E-state index contributed by atoms with van der Waals surface area (Å²) in [4.78, 5) is 17.8. The number of anilines is 1. The largest absolute Gasteiger partial charge is 0.336 e. The second kappa shape index (κ2) is 7.51. The van der Waals surface area contributed by atoms with E-state index in [9.17, 15) is 9.18 Å². The van der Waals surface area contributed by atoms with Crippen LogP contribution >= 0.6 is 0 Å². The number of rotatable bonds is 5. The Kier molecular flexibility index (Phi) is 5.43. The monoisotopic (exact) mass is 302 g/mol. The molecule has 0 aliphatic rings. The molecule has 1 aromatic carbocycles. The van der Waals surface area contributed by atoms with Crippen LogP contribution in [0.1, 0.15) is 11.6 Å². The van der Waals surface area contributed by atoms with E-state index in [2.05, 4.69) is 15.6 Å². The molecule has 1 atom stereocenters. The number of urea groups is 1. The minimum Gasteiger partial charge on any atom is -0.336 e. The highest BCUT2D eigenvalue weighted by Crippen LogP contribution is 2.17. The van der Waals surface area contributed by atoms with Gasteiger partial charge in [-0.3, -0.25) is 4.98 Å². The lowest BCUT2D eigenvalue weighted by atomic mass is 10.1. The van der Waals surface area contributed by atoms with Crippen LogP contribution in [0.2, 0.25) is 0 Å². The maximum absolute atomic E-state index is 13.0. The molecule has 1 unspecified atom stereocenters. The molecular formula is C16H19FN4O. The zero-order valence-electron chi connectivity index (χ0n) is 12.6. The SMILES string of the molecule is CN(C)C(CNC(=O)Nc1cccnc1)c1ccc(F)cc1. The van der Waals surface area contributed by atoms with Gasteiger partial charge in [-0.2, -0.15) is 0 Å². The molecule has 0 saturated carbocycles. The molecule has 0 aliphatic carbocycles. The van der Waals surface area contributed by atoms with Crippen molar-refractivity contribution in [3.8, 4) is 0 Å². The number of carbonyl (C=O) groups excluding carboxylic acids is 1. The third kappa shape index (κ3) is 4.53. The highest BCUT2D eigenvalue weighted by molar-refractivity contribution is 5.88. The third-order valence-electron chi connectivity index (χ3n) is 3.25. The van der Waals surface area contributed by atoms with Gasteiger partial charge >= 0.3 is 6.03 Å². The van der Waals surface area contributed by atoms with Gasteiger partial charge in [-0.15, -0.1) is 0 Å². The summed E-state index contributed by atoms with van der Waals surface area (Å²) < 4.78 is 13.0. The molecule has 2 N–H and O–H groups in total. The highest BCUT2D eigenvalue weighted by atomic mass is 19.1. The van der Waals surface area contributed by atoms with Crippen LogP contribution in [-0.2, 0) is 0 Å². The molecule has 1 heterocycles. The van der Waals surface area contributed by atoms with Crippen molar-refractivity contribution in [2.75, 3.05) is 26.0 Å². The number of aromatic nitrogens is 1. The molecular weight excluding hydrogens is 283 g/mol. The zero-order chi connectivity index (χ0) is 15.9. The normalized spacial score (nSPS) is 12.0. The predicted octanol–water partition coefficient (Wildman–Crippen LogP) is 2.65. The number of halogens is 1.